The van der Waals surface area contributed by atoms with Crippen LogP contribution in [0.2, 0.25) is 0 Å². The number of piperidine rings is 1. The van der Waals surface area contributed by atoms with Crippen molar-refractivity contribution in [3.8, 4) is 5.75 Å². The quantitative estimate of drug-likeness (QED) is 0.662. The van der Waals surface area contributed by atoms with Gasteiger partial charge >= 0.3 is 6.09 Å². The third-order valence-electron chi connectivity index (χ3n) is 4.57. The number of carboxylic acid groups (broad SMARTS) is 1. The fourth-order valence-corrected chi connectivity index (χ4v) is 3.03. The van der Waals surface area contributed by atoms with E-state index in [4.69, 9.17) is 15.6 Å². The summed E-state index contributed by atoms with van der Waals surface area (Å²) in [7, 11) is 1.34. The predicted octanol–water partition coefficient (Wildman–Crippen LogP) is 1.99. The number of nitrogens with zero attached hydrogens (tertiary/aromatic N) is 3. The number of rotatable bonds is 5. The largest absolute Gasteiger partial charge is 0.496 e. The van der Waals surface area contributed by atoms with Gasteiger partial charge in [-0.2, -0.15) is 4.98 Å². The summed E-state index contributed by atoms with van der Waals surface area (Å²) in [5.41, 5.74) is 6.17. The second-order valence-corrected chi connectivity index (χ2v) is 6.35. The van der Waals surface area contributed by atoms with Crippen LogP contribution in [0.5, 0.6) is 5.75 Å². The molecule has 1 aromatic heterocycles. The zero-order valence-corrected chi connectivity index (χ0v) is 15.2. The first-order valence-electron chi connectivity index (χ1n) is 8.64. The summed E-state index contributed by atoms with van der Waals surface area (Å²) in [6.45, 7) is 0.840. The molecule has 2 aromatic rings. The van der Waals surface area contributed by atoms with Crippen LogP contribution in [-0.4, -0.2) is 58.1 Å². The smallest absolute Gasteiger partial charge is 0.407 e. The van der Waals surface area contributed by atoms with Crippen molar-refractivity contribution in [1.82, 2.24) is 14.9 Å². The minimum atomic E-state index is -0.932. The van der Waals surface area contributed by atoms with Crippen LogP contribution in [-0.2, 0) is 0 Å². The fourth-order valence-electron chi connectivity index (χ4n) is 3.03. The van der Waals surface area contributed by atoms with Gasteiger partial charge < -0.3 is 25.8 Å². The van der Waals surface area contributed by atoms with Gasteiger partial charge in [-0.1, -0.05) is 0 Å². The summed E-state index contributed by atoms with van der Waals surface area (Å²) in [4.78, 5) is 33.3. The summed E-state index contributed by atoms with van der Waals surface area (Å²) < 4.78 is 18.4. The van der Waals surface area contributed by atoms with Crippen LogP contribution in [0, 0.1) is 5.82 Å². The van der Waals surface area contributed by atoms with Crippen molar-refractivity contribution in [2.45, 2.75) is 18.9 Å². The second kappa shape index (κ2) is 8.07. The van der Waals surface area contributed by atoms with Crippen molar-refractivity contribution in [3.63, 3.8) is 0 Å². The molecule has 1 aliphatic heterocycles. The molecule has 0 aliphatic carbocycles. The number of hydrogen-bond acceptors (Lipinski definition) is 7. The molecule has 1 fully saturated rings. The number of amides is 1. The van der Waals surface area contributed by atoms with Crippen LogP contribution in [0.1, 0.15) is 28.8 Å². The van der Waals surface area contributed by atoms with Crippen molar-refractivity contribution in [2.75, 3.05) is 31.2 Å². The van der Waals surface area contributed by atoms with Crippen molar-refractivity contribution in [3.05, 3.63) is 41.3 Å². The van der Waals surface area contributed by atoms with E-state index >= 15 is 0 Å². The van der Waals surface area contributed by atoms with Crippen LogP contribution in [0.15, 0.2) is 24.4 Å². The molecule has 1 aliphatic rings. The van der Waals surface area contributed by atoms with Crippen molar-refractivity contribution < 1.29 is 23.8 Å². The molecular formula is C18H20FN5O4. The molecule has 0 radical (unpaired) electrons. The molecular weight excluding hydrogens is 369 g/mol. The van der Waals surface area contributed by atoms with Gasteiger partial charge in [0.1, 0.15) is 17.4 Å². The molecule has 10 heteroatoms. The second-order valence-electron chi connectivity index (χ2n) is 6.35. The first kappa shape index (κ1) is 19.3. The predicted molar refractivity (Wildman–Crippen MR) is 99.1 cm³/mol. The Bertz CT molecular complexity index is 900. The minimum absolute atomic E-state index is 0.00810. The Morgan fingerprint density at radius 1 is 1.32 bits per heavy atom. The van der Waals surface area contributed by atoms with Crippen LogP contribution < -0.4 is 15.8 Å². The number of ketones is 1. The number of halogens is 1. The van der Waals surface area contributed by atoms with Gasteiger partial charge in [-0.3, -0.25) is 4.79 Å². The molecule has 0 unspecified atom stereocenters. The van der Waals surface area contributed by atoms with E-state index in [0.29, 0.717) is 25.9 Å². The van der Waals surface area contributed by atoms with E-state index in [1.54, 1.807) is 0 Å². The number of ether oxygens (including phenoxy) is 1. The Morgan fingerprint density at radius 2 is 2.04 bits per heavy atom. The lowest BCUT2D eigenvalue weighted by molar-refractivity contribution is 0.103. The van der Waals surface area contributed by atoms with Crippen molar-refractivity contribution in [1.29, 1.82) is 0 Å². The molecule has 2 heterocycles. The highest BCUT2D eigenvalue weighted by Gasteiger charge is 2.24. The molecule has 3 rings (SSSR count). The zero-order chi connectivity index (χ0) is 20.3. The molecule has 0 saturated carbocycles. The van der Waals surface area contributed by atoms with Gasteiger partial charge in [0, 0.05) is 31.4 Å². The number of carbonyl (C=O) groups excluding carboxylic acids is 1. The number of carbonyl (C=O) groups is 2. The lowest BCUT2D eigenvalue weighted by Crippen LogP contribution is -2.41. The molecule has 1 aromatic carbocycles. The number of likely N-dealkylation sites (tertiary alicyclic amines) is 1. The number of anilines is 2. The van der Waals surface area contributed by atoms with E-state index in [0.717, 1.165) is 12.1 Å². The first-order valence-corrected chi connectivity index (χ1v) is 8.64. The van der Waals surface area contributed by atoms with Crippen LogP contribution >= 0.6 is 0 Å². The Morgan fingerprint density at radius 3 is 2.64 bits per heavy atom. The average Bonchev–Trinajstić information content (AvgIpc) is 2.68. The summed E-state index contributed by atoms with van der Waals surface area (Å²) in [6.07, 6.45) is 1.60. The van der Waals surface area contributed by atoms with E-state index in [9.17, 15) is 14.0 Å². The Hall–Kier alpha value is -3.43. The summed E-state index contributed by atoms with van der Waals surface area (Å²) >= 11 is 0. The van der Waals surface area contributed by atoms with Crippen LogP contribution in [0.3, 0.4) is 0 Å². The molecule has 4 N–H and O–H groups in total. The first-order chi connectivity index (χ1) is 13.4. The Labute approximate surface area is 160 Å². The van der Waals surface area contributed by atoms with E-state index in [1.807, 2.05) is 0 Å². The number of aromatic nitrogens is 2. The summed E-state index contributed by atoms with van der Waals surface area (Å²) in [5.74, 6) is -0.663. The Kier molecular flexibility index (Phi) is 5.57. The summed E-state index contributed by atoms with van der Waals surface area (Å²) in [5, 5.41) is 12.1. The zero-order valence-electron chi connectivity index (χ0n) is 15.2. The Balaban J connectivity index is 1.72. The van der Waals surface area contributed by atoms with Gasteiger partial charge in [0.05, 0.1) is 18.2 Å². The molecule has 0 atom stereocenters. The van der Waals surface area contributed by atoms with Gasteiger partial charge in [-0.25, -0.2) is 14.2 Å². The van der Waals surface area contributed by atoms with Gasteiger partial charge in [-0.15, -0.1) is 0 Å². The number of nitrogen functional groups attached to an aromatic ring is 1. The third-order valence-corrected chi connectivity index (χ3v) is 4.57. The summed E-state index contributed by atoms with van der Waals surface area (Å²) in [6, 6.07) is 3.60. The molecule has 0 spiro atoms. The number of benzene rings is 1. The number of nitrogens with two attached hydrogens (primary N) is 1. The molecule has 1 saturated heterocycles. The van der Waals surface area contributed by atoms with Gasteiger partial charge in [0.25, 0.3) is 0 Å². The normalized spacial score (nSPS) is 14.6. The molecule has 1 amide bonds. The molecule has 9 nitrogen and oxygen atoms in total. The molecule has 0 bridgehead atoms. The van der Waals surface area contributed by atoms with Crippen molar-refractivity contribution in [2.24, 2.45) is 0 Å². The third kappa shape index (κ3) is 4.11. The van der Waals surface area contributed by atoms with E-state index in [2.05, 4.69) is 15.3 Å². The molecule has 28 heavy (non-hydrogen) atoms. The lowest BCUT2D eigenvalue weighted by Gasteiger charge is -2.30. The van der Waals surface area contributed by atoms with Crippen LogP contribution in [0.25, 0.3) is 0 Å². The monoisotopic (exact) mass is 389 g/mol. The number of methoxy groups -OCH3 is 1. The topological polar surface area (TPSA) is 131 Å². The standard InChI is InChI=1S/C18H20FN5O4/c1-28-14-8-10(19)2-3-12(14)15(25)13-9-21-17(23-16(13)20)22-11-4-6-24(7-5-11)18(26)27/h2-3,8-9,11H,4-7H2,1H3,(H,26,27)(H3,20,21,22,23). The maximum atomic E-state index is 13.3. The van der Waals surface area contributed by atoms with E-state index in [1.165, 1.54) is 24.3 Å². The van der Waals surface area contributed by atoms with Crippen molar-refractivity contribution >= 4 is 23.6 Å². The number of hydrogen-bond donors (Lipinski definition) is 3. The maximum Gasteiger partial charge on any atom is 0.407 e. The number of nitrogens with one attached hydrogen (secondary N) is 1. The van der Waals surface area contributed by atoms with Gasteiger partial charge in [-0.05, 0) is 25.0 Å². The average molecular weight is 389 g/mol. The highest BCUT2D eigenvalue weighted by molar-refractivity contribution is 6.13. The van der Waals surface area contributed by atoms with Gasteiger partial charge in [0.2, 0.25) is 11.7 Å². The van der Waals surface area contributed by atoms with Crippen LogP contribution in [0.4, 0.5) is 21.0 Å². The van der Waals surface area contributed by atoms with Gasteiger partial charge in [0.15, 0.2) is 0 Å². The van der Waals surface area contributed by atoms with E-state index in [-0.39, 0.29) is 34.7 Å². The molecule has 148 valence electrons. The highest BCUT2D eigenvalue weighted by atomic mass is 19.1. The SMILES string of the molecule is COc1cc(F)ccc1C(=O)c1cnc(NC2CCN(C(=O)O)CC2)nc1N. The van der Waals surface area contributed by atoms with E-state index < -0.39 is 17.7 Å². The maximum absolute atomic E-state index is 13.3. The fraction of sp³-hybridized carbons (Fsp3) is 0.333. The lowest BCUT2D eigenvalue weighted by atomic mass is 10.0. The highest BCUT2D eigenvalue weighted by Crippen LogP contribution is 2.25. The minimum Gasteiger partial charge on any atom is -0.496 e.